The molecule has 1 aromatic rings. The van der Waals surface area contributed by atoms with Gasteiger partial charge in [0.2, 0.25) is 0 Å². The summed E-state index contributed by atoms with van der Waals surface area (Å²) in [5.74, 6) is -2.18. The standard InChI is InChI=1S/C13H14FNO4S/c1-20(19)7-6-15-13(18)10-8-9(2-4-11(10)14)3-5-12(16)17/h2-5,8H,6-7H2,1H3,(H,15,18)(H,16,17)/b5-3+. The third-order valence-corrected chi connectivity index (χ3v) is 3.11. The molecule has 0 aromatic heterocycles. The van der Waals surface area contributed by atoms with Crippen LogP contribution in [0.5, 0.6) is 0 Å². The van der Waals surface area contributed by atoms with Crippen LogP contribution >= 0.6 is 0 Å². The summed E-state index contributed by atoms with van der Waals surface area (Å²) >= 11 is 0. The molecule has 0 aliphatic rings. The van der Waals surface area contributed by atoms with Gasteiger partial charge in [-0.2, -0.15) is 0 Å². The Balaban J connectivity index is 2.82. The zero-order chi connectivity index (χ0) is 15.1. The maximum atomic E-state index is 13.5. The smallest absolute Gasteiger partial charge is 0.328 e. The monoisotopic (exact) mass is 299 g/mol. The van der Waals surface area contributed by atoms with E-state index in [1.807, 2.05) is 0 Å². The van der Waals surface area contributed by atoms with Crippen molar-refractivity contribution in [1.29, 1.82) is 0 Å². The number of carboxylic acids is 1. The van der Waals surface area contributed by atoms with Gasteiger partial charge in [0.05, 0.1) is 5.56 Å². The Morgan fingerprint density at radius 1 is 1.45 bits per heavy atom. The molecular formula is C13H14FNO4S. The van der Waals surface area contributed by atoms with Crippen molar-refractivity contribution in [3.63, 3.8) is 0 Å². The van der Waals surface area contributed by atoms with Crippen LogP contribution in [-0.2, 0) is 15.6 Å². The lowest BCUT2D eigenvalue weighted by Gasteiger charge is -2.06. The van der Waals surface area contributed by atoms with Crippen LogP contribution in [0, 0.1) is 5.82 Å². The van der Waals surface area contributed by atoms with E-state index in [1.54, 1.807) is 0 Å². The highest BCUT2D eigenvalue weighted by Crippen LogP contribution is 2.12. The molecule has 1 amide bonds. The highest BCUT2D eigenvalue weighted by Gasteiger charge is 2.11. The molecule has 1 rings (SSSR count). The normalized spacial score (nSPS) is 12.3. The van der Waals surface area contributed by atoms with Crippen molar-refractivity contribution < 1.29 is 23.3 Å². The van der Waals surface area contributed by atoms with Crippen LogP contribution in [0.4, 0.5) is 4.39 Å². The molecule has 20 heavy (non-hydrogen) atoms. The summed E-state index contributed by atoms with van der Waals surface area (Å²) in [5.41, 5.74) is 0.220. The van der Waals surface area contributed by atoms with E-state index in [0.717, 1.165) is 12.1 Å². The van der Waals surface area contributed by atoms with Crippen molar-refractivity contribution in [2.75, 3.05) is 18.6 Å². The molecule has 1 aromatic carbocycles. The fourth-order valence-corrected chi connectivity index (χ4v) is 1.78. The molecule has 0 saturated heterocycles. The molecule has 0 radical (unpaired) electrons. The number of hydrogen-bond acceptors (Lipinski definition) is 3. The Morgan fingerprint density at radius 2 is 2.15 bits per heavy atom. The van der Waals surface area contributed by atoms with E-state index in [9.17, 15) is 18.2 Å². The lowest BCUT2D eigenvalue weighted by atomic mass is 10.1. The fourth-order valence-electron chi connectivity index (χ4n) is 1.39. The second-order valence-corrected chi connectivity index (χ2v) is 5.50. The number of rotatable bonds is 6. The minimum Gasteiger partial charge on any atom is -0.478 e. The minimum absolute atomic E-state index is 0.177. The van der Waals surface area contributed by atoms with Crippen molar-refractivity contribution in [2.24, 2.45) is 0 Å². The van der Waals surface area contributed by atoms with Gasteiger partial charge in [0, 0.05) is 35.4 Å². The molecule has 1 atom stereocenters. The predicted octanol–water partition coefficient (Wildman–Crippen LogP) is 1.03. The Kier molecular flexibility index (Phi) is 6.05. The van der Waals surface area contributed by atoms with Crippen LogP contribution in [0.3, 0.4) is 0 Å². The molecule has 0 saturated carbocycles. The molecule has 5 nitrogen and oxygen atoms in total. The van der Waals surface area contributed by atoms with Crippen molar-refractivity contribution in [3.8, 4) is 0 Å². The number of carbonyl (C=O) groups is 2. The molecule has 0 fully saturated rings. The van der Waals surface area contributed by atoms with Gasteiger partial charge in [-0.15, -0.1) is 0 Å². The van der Waals surface area contributed by atoms with Gasteiger partial charge in [0.15, 0.2) is 0 Å². The van der Waals surface area contributed by atoms with E-state index in [2.05, 4.69) is 5.32 Å². The summed E-state index contributed by atoms with van der Waals surface area (Å²) in [6.07, 6.45) is 3.67. The molecule has 0 bridgehead atoms. The quantitative estimate of drug-likeness (QED) is 0.769. The van der Waals surface area contributed by atoms with Crippen molar-refractivity contribution in [3.05, 3.63) is 41.2 Å². The number of aliphatic carboxylic acids is 1. The minimum atomic E-state index is -1.13. The molecule has 0 spiro atoms. The highest BCUT2D eigenvalue weighted by atomic mass is 32.2. The fraction of sp³-hybridized carbons (Fsp3) is 0.231. The number of hydrogen-bond donors (Lipinski definition) is 2. The molecule has 0 aliphatic carbocycles. The summed E-state index contributed by atoms with van der Waals surface area (Å²) < 4.78 is 24.4. The second kappa shape index (κ2) is 7.54. The summed E-state index contributed by atoms with van der Waals surface area (Å²) in [4.78, 5) is 22.1. The lowest BCUT2D eigenvalue weighted by molar-refractivity contribution is -0.131. The number of amides is 1. The van der Waals surface area contributed by atoms with Gasteiger partial charge in [-0.3, -0.25) is 9.00 Å². The molecule has 0 heterocycles. The average molecular weight is 299 g/mol. The topological polar surface area (TPSA) is 83.5 Å². The van der Waals surface area contributed by atoms with Gasteiger partial charge in [-0.25, -0.2) is 9.18 Å². The largest absolute Gasteiger partial charge is 0.478 e. The van der Waals surface area contributed by atoms with Crippen LogP contribution in [0.15, 0.2) is 24.3 Å². The van der Waals surface area contributed by atoms with Crippen molar-refractivity contribution in [2.45, 2.75) is 0 Å². The summed E-state index contributed by atoms with van der Waals surface area (Å²) in [5, 5.41) is 11.0. The van der Waals surface area contributed by atoms with E-state index in [-0.39, 0.29) is 17.9 Å². The second-order valence-electron chi connectivity index (χ2n) is 3.94. The van der Waals surface area contributed by atoms with E-state index < -0.39 is 28.5 Å². The summed E-state index contributed by atoms with van der Waals surface area (Å²) in [6.45, 7) is 0.177. The first kappa shape index (κ1) is 16.0. The van der Waals surface area contributed by atoms with Crippen LogP contribution in [0.2, 0.25) is 0 Å². The van der Waals surface area contributed by atoms with E-state index in [1.165, 1.54) is 24.5 Å². The first-order valence-electron chi connectivity index (χ1n) is 5.69. The Hall–Kier alpha value is -2.02. The number of carbonyl (C=O) groups excluding carboxylic acids is 1. The third kappa shape index (κ3) is 5.31. The molecule has 108 valence electrons. The van der Waals surface area contributed by atoms with Gasteiger partial charge >= 0.3 is 5.97 Å². The first-order chi connectivity index (χ1) is 9.40. The SMILES string of the molecule is CS(=O)CCNC(=O)c1cc(/C=C/C(=O)O)ccc1F. The number of nitrogens with one attached hydrogen (secondary N) is 1. The third-order valence-electron chi connectivity index (χ3n) is 2.33. The van der Waals surface area contributed by atoms with Crippen molar-refractivity contribution in [1.82, 2.24) is 5.32 Å². The molecular weight excluding hydrogens is 285 g/mol. The Labute approximate surface area is 118 Å². The number of benzene rings is 1. The highest BCUT2D eigenvalue weighted by molar-refractivity contribution is 7.84. The summed E-state index contributed by atoms with van der Waals surface area (Å²) in [6, 6.07) is 3.72. The first-order valence-corrected chi connectivity index (χ1v) is 7.41. The van der Waals surface area contributed by atoms with Crippen LogP contribution in [0.1, 0.15) is 15.9 Å². The van der Waals surface area contributed by atoms with E-state index in [4.69, 9.17) is 5.11 Å². The van der Waals surface area contributed by atoms with Gasteiger partial charge < -0.3 is 10.4 Å². The molecule has 7 heteroatoms. The van der Waals surface area contributed by atoms with E-state index >= 15 is 0 Å². The molecule has 0 aliphatic heterocycles. The zero-order valence-electron chi connectivity index (χ0n) is 10.8. The maximum absolute atomic E-state index is 13.5. The lowest BCUT2D eigenvalue weighted by Crippen LogP contribution is -2.28. The molecule has 2 N–H and O–H groups in total. The van der Waals surface area contributed by atoms with Crippen LogP contribution in [0.25, 0.3) is 6.08 Å². The number of carboxylic acid groups (broad SMARTS) is 1. The van der Waals surface area contributed by atoms with E-state index in [0.29, 0.717) is 5.56 Å². The zero-order valence-corrected chi connectivity index (χ0v) is 11.6. The van der Waals surface area contributed by atoms with Gasteiger partial charge in [-0.05, 0) is 23.8 Å². The Bertz CT molecular complexity index is 571. The Morgan fingerprint density at radius 3 is 2.75 bits per heavy atom. The number of halogens is 1. The van der Waals surface area contributed by atoms with Gasteiger partial charge in [0.1, 0.15) is 5.82 Å². The molecule has 1 unspecified atom stereocenters. The summed E-state index contributed by atoms with van der Waals surface area (Å²) in [7, 11) is -1.04. The van der Waals surface area contributed by atoms with Gasteiger partial charge in [-0.1, -0.05) is 6.07 Å². The average Bonchev–Trinajstić information content (AvgIpc) is 2.37. The van der Waals surface area contributed by atoms with Crippen molar-refractivity contribution >= 4 is 28.8 Å². The predicted molar refractivity (Wildman–Crippen MR) is 74.3 cm³/mol. The van der Waals surface area contributed by atoms with Crippen LogP contribution in [-0.4, -0.2) is 39.7 Å². The van der Waals surface area contributed by atoms with Gasteiger partial charge in [0.25, 0.3) is 5.91 Å². The van der Waals surface area contributed by atoms with Crippen LogP contribution < -0.4 is 5.32 Å². The maximum Gasteiger partial charge on any atom is 0.328 e.